The summed E-state index contributed by atoms with van der Waals surface area (Å²) < 4.78 is 71.5. The van der Waals surface area contributed by atoms with E-state index in [0.29, 0.717) is 23.3 Å². The first-order chi connectivity index (χ1) is 11.2. The third-order valence-electron chi connectivity index (χ3n) is 4.31. The lowest BCUT2D eigenvalue weighted by Gasteiger charge is -2.23. The van der Waals surface area contributed by atoms with E-state index in [1.165, 1.54) is 0 Å². The van der Waals surface area contributed by atoms with E-state index in [0.717, 1.165) is 32.1 Å². The Morgan fingerprint density at radius 1 is 0.708 bits per heavy atom. The van der Waals surface area contributed by atoms with E-state index < -0.39 is 34.6 Å². The molecule has 0 N–H and O–H groups in total. The van der Waals surface area contributed by atoms with Gasteiger partial charge in [-0.25, -0.2) is 22.0 Å². The molecule has 0 aliphatic rings. The van der Waals surface area contributed by atoms with E-state index in [9.17, 15) is 22.0 Å². The van der Waals surface area contributed by atoms with Crippen LogP contribution in [0.15, 0.2) is 0 Å². The lowest BCUT2D eigenvalue weighted by Crippen LogP contribution is -2.22. The highest BCUT2D eigenvalue weighted by Gasteiger charge is 2.25. The molecule has 1 aromatic rings. The van der Waals surface area contributed by atoms with E-state index in [1.54, 1.807) is 0 Å². The molecule has 0 aliphatic heterocycles. The second kappa shape index (κ2) is 9.51. The van der Waals surface area contributed by atoms with Crippen LogP contribution in [0.1, 0.15) is 64.4 Å². The lowest BCUT2D eigenvalue weighted by atomic mass is 9.99. The Bertz CT molecular complexity index is 519. The molecule has 24 heavy (non-hydrogen) atoms. The van der Waals surface area contributed by atoms with E-state index in [4.69, 9.17) is 4.43 Å². The molecule has 138 valence electrons. The molecule has 7 heteroatoms. The highest BCUT2D eigenvalue weighted by Crippen LogP contribution is 2.25. The molecular weight excluding hydrogens is 343 g/mol. The zero-order chi connectivity index (χ0) is 18.3. The Balaban J connectivity index is 2.32. The van der Waals surface area contributed by atoms with Gasteiger partial charge in [-0.15, -0.1) is 0 Å². The molecule has 1 aromatic carbocycles. The van der Waals surface area contributed by atoms with Crippen LogP contribution in [0.5, 0.6) is 0 Å². The SMILES string of the molecule is CC(C)(CCCCCCCCc1c(F)c(F)c(F)c(F)c1F)O[SiH3]. The largest absolute Gasteiger partial charge is 0.423 e. The van der Waals surface area contributed by atoms with Gasteiger partial charge in [0.2, 0.25) is 5.82 Å². The molecule has 0 amide bonds. The highest BCUT2D eigenvalue weighted by molar-refractivity contribution is 5.98. The highest BCUT2D eigenvalue weighted by atomic mass is 28.2. The molecule has 0 aliphatic carbocycles. The van der Waals surface area contributed by atoms with Crippen LogP contribution in [0.4, 0.5) is 22.0 Å². The van der Waals surface area contributed by atoms with E-state index in [1.807, 2.05) is 0 Å². The summed E-state index contributed by atoms with van der Waals surface area (Å²) in [4.78, 5) is 0. The van der Waals surface area contributed by atoms with Crippen LogP contribution >= 0.6 is 0 Å². The van der Waals surface area contributed by atoms with Gasteiger partial charge in [0.1, 0.15) is 10.5 Å². The van der Waals surface area contributed by atoms with Crippen LogP contribution in [0, 0.1) is 29.1 Å². The average Bonchev–Trinajstić information content (AvgIpc) is 2.56. The van der Waals surface area contributed by atoms with Crippen molar-refractivity contribution in [2.24, 2.45) is 0 Å². The summed E-state index contributed by atoms with van der Waals surface area (Å²) in [6.45, 7) is 4.12. The number of benzene rings is 1. The van der Waals surface area contributed by atoms with Gasteiger partial charge in [0, 0.05) is 11.2 Å². The molecular formula is C17H25F5OSi. The van der Waals surface area contributed by atoms with Crippen LogP contribution in [-0.4, -0.2) is 16.1 Å². The minimum Gasteiger partial charge on any atom is -0.423 e. The van der Waals surface area contributed by atoms with Gasteiger partial charge < -0.3 is 4.43 Å². The number of rotatable bonds is 10. The molecule has 1 rings (SSSR count). The smallest absolute Gasteiger partial charge is 0.200 e. The summed E-state index contributed by atoms with van der Waals surface area (Å²) in [5.41, 5.74) is -0.782. The maximum atomic E-state index is 13.5. The van der Waals surface area contributed by atoms with Gasteiger partial charge in [-0.1, -0.05) is 32.1 Å². The van der Waals surface area contributed by atoms with E-state index >= 15 is 0 Å². The van der Waals surface area contributed by atoms with Gasteiger partial charge in [0.15, 0.2) is 23.3 Å². The van der Waals surface area contributed by atoms with Crippen LogP contribution in [-0.2, 0) is 10.8 Å². The molecule has 1 nitrogen and oxygen atoms in total. The maximum Gasteiger partial charge on any atom is 0.200 e. The molecule has 0 heterocycles. The number of hydrogen-bond acceptors (Lipinski definition) is 1. The molecule has 0 spiro atoms. The molecule has 0 atom stereocenters. The predicted molar refractivity (Wildman–Crippen MR) is 87.4 cm³/mol. The lowest BCUT2D eigenvalue weighted by molar-refractivity contribution is 0.109. The van der Waals surface area contributed by atoms with Gasteiger partial charge in [0.05, 0.1) is 0 Å². The summed E-state index contributed by atoms with van der Waals surface area (Å²) >= 11 is 0. The van der Waals surface area contributed by atoms with Crippen LogP contribution in [0.25, 0.3) is 0 Å². The second-order valence-corrected chi connectivity index (χ2v) is 7.04. The summed E-state index contributed by atoms with van der Waals surface area (Å²) in [7, 11) is 0.714. The molecule has 0 bridgehead atoms. The minimum absolute atomic E-state index is 0.0714. The van der Waals surface area contributed by atoms with Crippen molar-refractivity contribution >= 4 is 10.5 Å². The first-order valence-electron chi connectivity index (χ1n) is 8.26. The first-order valence-corrected chi connectivity index (χ1v) is 9.08. The first kappa shape index (κ1) is 21.1. The van der Waals surface area contributed by atoms with Crippen molar-refractivity contribution in [3.63, 3.8) is 0 Å². The van der Waals surface area contributed by atoms with Gasteiger partial charge in [-0.05, 0) is 33.1 Å². The Morgan fingerprint density at radius 2 is 1.12 bits per heavy atom. The monoisotopic (exact) mass is 368 g/mol. The van der Waals surface area contributed by atoms with Crippen molar-refractivity contribution in [2.45, 2.75) is 70.8 Å². The number of unbranched alkanes of at least 4 members (excludes halogenated alkanes) is 5. The van der Waals surface area contributed by atoms with Crippen LogP contribution < -0.4 is 0 Å². The maximum absolute atomic E-state index is 13.5. The zero-order valence-electron chi connectivity index (χ0n) is 14.5. The topological polar surface area (TPSA) is 9.23 Å². The van der Waals surface area contributed by atoms with Gasteiger partial charge in [-0.3, -0.25) is 0 Å². The quantitative estimate of drug-likeness (QED) is 0.191. The Hall–Kier alpha value is -0.953. The fourth-order valence-corrected chi connectivity index (χ4v) is 2.74. The average molecular weight is 368 g/mol. The van der Waals surface area contributed by atoms with Gasteiger partial charge in [-0.2, -0.15) is 0 Å². The fraction of sp³-hybridized carbons (Fsp3) is 0.647. The summed E-state index contributed by atoms with van der Waals surface area (Å²) in [5, 5.41) is 0. The third kappa shape index (κ3) is 5.84. The summed E-state index contributed by atoms with van der Waals surface area (Å²) in [6.07, 6.45) is 5.87. The van der Waals surface area contributed by atoms with Gasteiger partial charge in [0.25, 0.3) is 0 Å². The van der Waals surface area contributed by atoms with Crippen molar-refractivity contribution in [1.29, 1.82) is 0 Å². The molecule has 0 saturated heterocycles. The van der Waals surface area contributed by atoms with Crippen molar-refractivity contribution in [2.75, 3.05) is 0 Å². The Morgan fingerprint density at radius 3 is 1.62 bits per heavy atom. The molecule has 0 unspecified atom stereocenters. The second-order valence-electron chi connectivity index (χ2n) is 6.63. The number of hydrogen-bond donors (Lipinski definition) is 0. The van der Waals surface area contributed by atoms with Gasteiger partial charge >= 0.3 is 0 Å². The molecule has 0 radical (unpaired) electrons. The summed E-state index contributed by atoms with van der Waals surface area (Å²) in [5.74, 6) is -9.26. The van der Waals surface area contributed by atoms with Crippen molar-refractivity contribution in [3.05, 3.63) is 34.6 Å². The Labute approximate surface area is 143 Å². The van der Waals surface area contributed by atoms with Crippen LogP contribution in [0.2, 0.25) is 0 Å². The predicted octanol–water partition coefficient (Wildman–Crippen LogP) is 4.73. The summed E-state index contributed by atoms with van der Waals surface area (Å²) in [6, 6.07) is 0. The molecule has 0 fully saturated rings. The fourth-order valence-electron chi connectivity index (χ4n) is 2.53. The normalized spacial score (nSPS) is 12.1. The van der Waals surface area contributed by atoms with Crippen molar-refractivity contribution in [3.8, 4) is 0 Å². The van der Waals surface area contributed by atoms with Crippen molar-refractivity contribution < 1.29 is 26.4 Å². The number of halogens is 5. The van der Waals surface area contributed by atoms with Crippen molar-refractivity contribution in [1.82, 2.24) is 0 Å². The van der Waals surface area contributed by atoms with E-state index in [-0.39, 0.29) is 12.0 Å². The minimum atomic E-state index is -2.10. The zero-order valence-corrected chi connectivity index (χ0v) is 16.5. The Kier molecular flexibility index (Phi) is 8.36. The third-order valence-corrected chi connectivity index (χ3v) is 5.41. The van der Waals surface area contributed by atoms with Crippen LogP contribution in [0.3, 0.4) is 0 Å². The standard InChI is InChI=1S/C17H25F5OSi/c1-17(2,23-24)10-8-6-4-3-5-7-9-11-12(18)14(20)16(22)15(21)13(11)19/h3-10H2,1-2,24H3. The molecule has 0 aromatic heterocycles. The molecule has 0 saturated carbocycles. The van der Waals surface area contributed by atoms with E-state index in [2.05, 4.69) is 13.8 Å².